The number of fused-ring (bicyclic) bond motifs is 1. The molecule has 1 atom stereocenters. The van der Waals surface area contributed by atoms with Gasteiger partial charge in [-0.1, -0.05) is 18.2 Å². The highest BCUT2D eigenvalue weighted by Crippen LogP contribution is 2.38. The standard InChI is InChI=1S/C14H17NO2/c16-14(17)8-12-7-11-3-1-2-4-13(11)15(12)9-10-5-6-10/h1-4,10,12H,5-9H2,(H,16,17). The maximum absolute atomic E-state index is 10.9. The van der Waals surface area contributed by atoms with Crippen molar-refractivity contribution in [2.75, 3.05) is 11.4 Å². The molecule has 0 aromatic heterocycles. The zero-order valence-electron chi connectivity index (χ0n) is 9.80. The molecule has 17 heavy (non-hydrogen) atoms. The van der Waals surface area contributed by atoms with Crippen molar-refractivity contribution in [3.05, 3.63) is 29.8 Å². The van der Waals surface area contributed by atoms with E-state index < -0.39 is 5.97 Å². The molecular formula is C14H17NO2. The second-order valence-corrected chi connectivity index (χ2v) is 5.18. The molecule has 0 radical (unpaired) electrons. The van der Waals surface area contributed by atoms with Crippen molar-refractivity contribution in [2.24, 2.45) is 5.92 Å². The Kier molecular flexibility index (Phi) is 2.54. The zero-order valence-corrected chi connectivity index (χ0v) is 9.80. The number of rotatable bonds is 4. The summed E-state index contributed by atoms with van der Waals surface area (Å²) in [7, 11) is 0. The van der Waals surface area contributed by atoms with Gasteiger partial charge in [0.25, 0.3) is 0 Å². The minimum atomic E-state index is -0.691. The summed E-state index contributed by atoms with van der Waals surface area (Å²) in [4.78, 5) is 13.2. The summed E-state index contributed by atoms with van der Waals surface area (Å²) in [6.07, 6.45) is 3.74. The molecule has 1 aromatic rings. The number of hydrogen-bond acceptors (Lipinski definition) is 2. The number of hydrogen-bond donors (Lipinski definition) is 1. The fourth-order valence-electron chi connectivity index (χ4n) is 2.73. The first-order valence-corrected chi connectivity index (χ1v) is 6.30. The van der Waals surface area contributed by atoms with Crippen LogP contribution in [0.25, 0.3) is 0 Å². The fraction of sp³-hybridized carbons (Fsp3) is 0.500. The maximum atomic E-state index is 10.9. The van der Waals surface area contributed by atoms with Crippen LogP contribution < -0.4 is 4.90 Å². The van der Waals surface area contributed by atoms with Gasteiger partial charge < -0.3 is 10.0 Å². The van der Waals surface area contributed by atoms with E-state index in [9.17, 15) is 4.79 Å². The number of benzene rings is 1. The topological polar surface area (TPSA) is 40.5 Å². The van der Waals surface area contributed by atoms with E-state index in [0.29, 0.717) is 0 Å². The molecule has 0 saturated heterocycles. The Labute approximate surface area is 101 Å². The largest absolute Gasteiger partial charge is 0.481 e. The van der Waals surface area contributed by atoms with Crippen molar-refractivity contribution in [2.45, 2.75) is 31.7 Å². The first-order valence-electron chi connectivity index (χ1n) is 6.30. The van der Waals surface area contributed by atoms with Crippen LogP contribution in [-0.4, -0.2) is 23.7 Å². The average Bonchev–Trinajstić information content (AvgIpc) is 3.03. The summed E-state index contributed by atoms with van der Waals surface area (Å²) in [6, 6.07) is 8.49. The van der Waals surface area contributed by atoms with Gasteiger partial charge in [-0.3, -0.25) is 4.79 Å². The van der Waals surface area contributed by atoms with Crippen molar-refractivity contribution < 1.29 is 9.90 Å². The molecule has 1 heterocycles. The van der Waals surface area contributed by atoms with Gasteiger partial charge in [-0.15, -0.1) is 0 Å². The Morgan fingerprint density at radius 1 is 1.35 bits per heavy atom. The smallest absolute Gasteiger partial charge is 0.305 e. The van der Waals surface area contributed by atoms with Crippen molar-refractivity contribution in [3.8, 4) is 0 Å². The number of para-hydroxylation sites is 1. The second kappa shape index (κ2) is 4.06. The predicted molar refractivity (Wildman–Crippen MR) is 66.3 cm³/mol. The zero-order chi connectivity index (χ0) is 11.8. The summed E-state index contributed by atoms with van der Waals surface area (Å²) in [6.45, 7) is 1.04. The van der Waals surface area contributed by atoms with E-state index in [-0.39, 0.29) is 12.5 Å². The molecule has 0 amide bonds. The summed E-state index contributed by atoms with van der Waals surface area (Å²) in [5, 5.41) is 8.99. The lowest BCUT2D eigenvalue weighted by Gasteiger charge is -2.26. The normalized spacial score (nSPS) is 22.6. The van der Waals surface area contributed by atoms with Crippen molar-refractivity contribution in [3.63, 3.8) is 0 Å². The molecule has 1 aromatic carbocycles. The van der Waals surface area contributed by atoms with E-state index in [2.05, 4.69) is 17.0 Å². The van der Waals surface area contributed by atoms with Gasteiger partial charge in [0.2, 0.25) is 0 Å². The highest BCUT2D eigenvalue weighted by atomic mass is 16.4. The van der Waals surface area contributed by atoms with E-state index in [1.165, 1.54) is 24.1 Å². The van der Waals surface area contributed by atoms with Gasteiger partial charge in [-0.25, -0.2) is 0 Å². The molecule has 1 unspecified atom stereocenters. The first-order chi connectivity index (χ1) is 8.24. The number of carboxylic acids is 1. The van der Waals surface area contributed by atoms with E-state index in [0.717, 1.165) is 18.9 Å². The minimum Gasteiger partial charge on any atom is -0.481 e. The molecule has 1 aliphatic carbocycles. The van der Waals surface area contributed by atoms with Crippen molar-refractivity contribution in [1.82, 2.24) is 0 Å². The van der Waals surface area contributed by atoms with E-state index in [1.807, 2.05) is 12.1 Å². The quantitative estimate of drug-likeness (QED) is 0.864. The Bertz CT molecular complexity index is 440. The highest BCUT2D eigenvalue weighted by Gasteiger charge is 2.34. The molecule has 3 nitrogen and oxygen atoms in total. The van der Waals surface area contributed by atoms with Gasteiger partial charge in [0, 0.05) is 18.3 Å². The van der Waals surface area contributed by atoms with Gasteiger partial charge in [0.1, 0.15) is 0 Å². The second-order valence-electron chi connectivity index (χ2n) is 5.18. The number of carbonyl (C=O) groups is 1. The van der Waals surface area contributed by atoms with Crippen LogP contribution in [0.2, 0.25) is 0 Å². The first kappa shape index (κ1) is 10.6. The highest BCUT2D eigenvalue weighted by molar-refractivity contribution is 5.70. The van der Waals surface area contributed by atoms with Gasteiger partial charge in [0.15, 0.2) is 0 Å². The molecule has 0 bridgehead atoms. The monoisotopic (exact) mass is 231 g/mol. The SMILES string of the molecule is O=C(O)CC1Cc2ccccc2N1CC1CC1. The van der Waals surface area contributed by atoms with Crippen LogP contribution in [0.5, 0.6) is 0 Å². The summed E-state index contributed by atoms with van der Waals surface area (Å²) in [5.74, 6) is 0.0982. The van der Waals surface area contributed by atoms with Crippen molar-refractivity contribution in [1.29, 1.82) is 0 Å². The van der Waals surface area contributed by atoms with Crippen LogP contribution in [0.1, 0.15) is 24.8 Å². The molecule has 1 saturated carbocycles. The fourth-order valence-corrected chi connectivity index (χ4v) is 2.73. The van der Waals surface area contributed by atoms with Gasteiger partial charge in [0.05, 0.1) is 6.42 Å². The Hall–Kier alpha value is -1.51. The molecule has 1 aliphatic heterocycles. The molecule has 2 aliphatic rings. The molecule has 3 heteroatoms. The number of nitrogens with zero attached hydrogens (tertiary/aromatic N) is 1. The molecule has 0 spiro atoms. The average molecular weight is 231 g/mol. The van der Waals surface area contributed by atoms with Crippen LogP contribution in [0, 0.1) is 5.92 Å². The van der Waals surface area contributed by atoms with Crippen LogP contribution >= 0.6 is 0 Å². The van der Waals surface area contributed by atoms with Gasteiger partial charge in [-0.05, 0) is 36.8 Å². The lowest BCUT2D eigenvalue weighted by Crippen LogP contribution is -2.35. The van der Waals surface area contributed by atoms with Crippen molar-refractivity contribution >= 4 is 11.7 Å². The van der Waals surface area contributed by atoms with E-state index in [4.69, 9.17) is 5.11 Å². The number of anilines is 1. The molecular weight excluding hydrogens is 214 g/mol. The van der Waals surface area contributed by atoms with Crippen LogP contribution in [-0.2, 0) is 11.2 Å². The van der Waals surface area contributed by atoms with Gasteiger partial charge >= 0.3 is 5.97 Å². The van der Waals surface area contributed by atoms with E-state index >= 15 is 0 Å². The minimum absolute atomic E-state index is 0.158. The third-order valence-corrected chi connectivity index (χ3v) is 3.76. The number of carboxylic acid groups (broad SMARTS) is 1. The summed E-state index contributed by atoms with van der Waals surface area (Å²) < 4.78 is 0. The van der Waals surface area contributed by atoms with Gasteiger partial charge in [-0.2, -0.15) is 0 Å². The molecule has 3 rings (SSSR count). The molecule has 1 fully saturated rings. The lowest BCUT2D eigenvalue weighted by molar-refractivity contribution is -0.137. The van der Waals surface area contributed by atoms with Crippen LogP contribution in [0.15, 0.2) is 24.3 Å². The third kappa shape index (κ3) is 2.14. The Balaban J connectivity index is 1.83. The van der Waals surface area contributed by atoms with Crippen LogP contribution in [0.3, 0.4) is 0 Å². The Morgan fingerprint density at radius 3 is 2.82 bits per heavy atom. The lowest BCUT2D eigenvalue weighted by atomic mass is 10.1. The van der Waals surface area contributed by atoms with E-state index in [1.54, 1.807) is 0 Å². The number of aliphatic carboxylic acids is 1. The molecule has 90 valence electrons. The van der Waals surface area contributed by atoms with Crippen LogP contribution in [0.4, 0.5) is 5.69 Å². The summed E-state index contributed by atoms with van der Waals surface area (Å²) >= 11 is 0. The predicted octanol–water partition coefficient (Wildman–Crippen LogP) is 2.30. The Morgan fingerprint density at radius 2 is 2.12 bits per heavy atom. The maximum Gasteiger partial charge on any atom is 0.305 e. The summed E-state index contributed by atoms with van der Waals surface area (Å²) in [5.41, 5.74) is 2.56. The third-order valence-electron chi connectivity index (χ3n) is 3.76. The molecule has 1 N–H and O–H groups in total.